The Morgan fingerprint density at radius 3 is 2.48 bits per heavy atom. The van der Waals surface area contributed by atoms with Gasteiger partial charge in [0.25, 0.3) is 5.56 Å². The first-order valence-corrected chi connectivity index (χ1v) is 14.1. The summed E-state index contributed by atoms with van der Waals surface area (Å²) in [6.45, 7) is 8.30. The van der Waals surface area contributed by atoms with Crippen LogP contribution in [0, 0.1) is 24.7 Å². The number of nitrogens with one attached hydrogen (secondary N) is 2. The Morgan fingerprint density at radius 2 is 1.85 bits per heavy atom. The van der Waals surface area contributed by atoms with Crippen LogP contribution in [0.1, 0.15) is 64.0 Å². The molecule has 2 aromatic rings. The summed E-state index contributed by atoms with van der Waals surface area (Å²) in [5.74, 6) is -0.593. The van der Waals surface area contributed by atoms with Gasteiger partial charge in [0.05, 0.1) is 16.3 Å². The summed E-state index contributed by atoms with van der Waals surface area (Å²) in [5.41, 5.74) is 6.99. The quantitative estimate of drug-likeness (QED) is 0.206. The fourth-order valence-corrected chi connectivity index (χ4v) is 6.16. The highest BCUT2D eigenvalue weighted by atomic mass is 32.2. The van der Waals surface area contributed by atoms with Crippen LogP contribution < -0.4 is 16.6 Å². The molecule has 1 saturated carbocycles. The number of nitrogens with two attached hydrogens (primary N) is 1. The van der Waals surface area contributed by atoms with Crippen molar-refractivity contribution in [3.63, 3.8) is 0 Å². The maximum atomic E-state index is 12.9. The van der Waals surface area contributed by atoms with E-state index in [0.29, 0.717) is 16.9 Å². The van der Waals surface area contributed by atoms with E-state index in [0.717, 1.165) is 30.0 Å². The van der Waals surface area contributed by atoms with Crippen LogP contribution in [0.3, 0.4) is 0 Å². The van der Waals surface area contributed by atoms with Crippen LogP contribution in [0.5, 0.6) is 0 Å². The van der Waals surface area contributed by atoms with E-state index < -0.39 is 21.6 Å². The number of carbonyl (C=O) groups is 1. The third kappa shape index (κ3) is 7.94. The summed E-state index contributed by atoms with van der Waals surface area (Å²) in [7, 11) is -3.84. The number of ether oxygens (including phenoxy) is 1. The van der Waals surface area contributed by atoms with Gasteiger partial charge < -0.3 is 20.8 Å². The number of aliphatic imine (C=N–C) groups is 1. The van der Waals surface area contributed by atoms with Gasteiger partial charge in [0, 0.05) is 25.4 Å². The second-order valence-electron chi connectivity index (χ2n) is 10.2. The summed E-state index contributed by atoms with van der Waals surface area (Å²) < 4.78 is 32.2. The van der Waals surface area contributed by atoms with Crippen molar-refractivity contribution in [2.75, 3.05) is 11.9 Å². The molecular weight excluding hydrogens is 532 g/mol. The first kappa shape index (κ1) is 32.1. The molecule has 12 heteroatoms. The summed E-state index contributed by atoms with van der Waals surface area (Å²) in [6, 6.07) is 6.64. The Morgan fingerprint density at radius 1 is 1.20 bits per heavy atom. The van der Waals surface area contributed by atoms with Gasteiger partial charge in [-0.05, 0) is 63.4 Å². The van der Waals surface area contributed by atoms with E-state index in [2.05, 4.69) is 34.7 Å². The number of terminal acetylenes is 1. The number of benzene rings is 1. The number of sulfonamides is 1. The highest BCUT2D eigenvalue weighted by Crippen LogP contribution is 2.33. The SMILES string of the molecule is C#C.C#N.CC(C)(C)OC(=O)CN1Cc2cc(N=C(N)c3c(NC4CCCCC4)cc[nH]c3=O)ccc2S1(=O)=O. The number of aromatic nitrogens is 1. The van der Waals surface area contributed by atoms with E-state index in [1.807, 2.05) is 0 Å². The fraction of sp³-hybridized carbons (Fsp3) is 0.429. The van der Waals surface area contributed by atoms with Crippen LogP contribution in [-0.2, 0) is 26.1 Å². The van der Waals surface area contributed by atoms with Crippen molar-refractivity contribution in [3.05, 3.63) is 51.9 Å². The molecular formula is C28H36N6O5S. The molecule has 0 saturated heterocycles. The van der Waals surface area contributed by atoms with Crippen LogP contribution in [-0.4, -0.2) is 47.7 Å². The number of aromatic amines is 1. The van der Waals surface area contributed by atoms with Gasteiger partial charge in [-0.15, -0.1) is 12.8 Å². The number of fused-ring (bicyclic) bond motifs is 1. The third-order valence-corrected chi connectivity index (χ3v) is 8.06. The molecule has 1 aliphatic carbocycles. The van der Waals surface area contributed by atoms with Gasteiger partial charge in [-0.2, -0.15) is 4.31 Å². The van der Waals surface area contributed by atoms with Crippen molar-refractivity contribution in [3.8, 4) is 19.4 Å². The lowest BCUT2D eigenvalue weighted by molar-refractivity contribution is -0.155. The largest absolute Gasteiger partial charge is 0.459 e. The molecule has 11 nitrogen and oxygen atoms in total. The minimum atomic E-state index is -3.84. The summed E-state index contributed by atoms with van der Waals surface area (Å²) in [4.78, 5) is 32.1. The first-order chi connectivity index (χ1) is 18.9. The third-order valence-electron chi connectivity index (χ3n) is 6.17. The van der Waals surface area contributed by atoms with E-state index >= 15 is 0 Å². The molecule has 0 bridgehead atoms. The molecule has 4 N–H and O–H groups in total. The molecule has 4 rings (SSSR count). The van der Waals surface area contributed by atoms with Crippen molar-refractivity contribution in [2.45, 2.75) is 76.0 Å². The maximum Gasteiger partial charge on any atom is 0.321 e. The number of nitrogens with zero attached hydrogens (tertiary/aromatic N) is 3. The predicted molar refractivity (Wildman–Crippen MR) is 154 cm³/mol. The number of H-pyrrole nitrogens is 1. The number of anilines is 1. The van der Waals surface area contributed by atoms with E-state index in [1.165, 1.54) is 18.6 Å². The van der Waals surface area contributed by atoms with Crippen LogP contribution in [0.2, 0.25) is 0 Å². The number of nitriles is 1. The monoisotopic (exact) mass is 568 g/mol. The lowest BCUT2D eigenvalue weighted by atomic mass is 9.95. The molecule has 2 heterocycles. The molecule has 0 atom stereocenters. The van der Waals surface area contributed by atoms with E-state index in [-0.39, 0.29) is 41.0 Å². The number of esters is 1. The molecule has 0 radical (unpaired) electrons. The fourth-order valence-electron chi connectivity index (χ4n) is 4.60. The van der Waals surface area contributed by atoms with Gasteiger partial charge in [0.15, 0.2) is 0 Å². The molecule has 1 fully saturated rings. The van der Waals surface area contributed by atoms with E-state index in [9.17, 15) is 18.0 Å². The second kappa shape index (κ2) is 13.8. The molecule has 0 amide bonds. The summed E-state index contributed by atoms with van der Waals surface area (Å²) in [5, 5.41) is 9.94. The minimum Gasteiger partial charge on any atom is -0.459 e. The van der Waals surface area contributed by atoms with Gasteiger partial charge in [-0.1, -0.05) is 19.3 Å². The average Bonchev–Trinajstić information content (AvgIpc) is 3.14. The van der Waals surface area contributed by atoms with Gasteiger partial charge in [-0.3, -0.25) is 9.59 Å². The normalized spacial score (nSPS) is 16.8. The van der Waals surface area contributed by atoms with Crippen LogP contribution >= 0.6 is 0 Å². The molecule has 0 unspecified atom stereocenters. The number of carbonyl (C=O) groups excluding carboxylic acids is 1. The van der Waals surface area contributed by atoms with Crippen LogP contribution in [0.15, 0.2) is 45.1 Å². The highest BCUT2D eigenvalue weighted by molar-refractivity contribution is 7.89. The molecule has 2 aliphatic rings. The van der Waals surface area contributed by atoms with Crippen molar-refractivity contribution in [1.29, 1.82) is 5.26 Å². The topological polar surface area (TPSA) is 171 Å². The Bertz CT molecular complexity index is 1420. The molecule has 214 valence electrons. The van der Waals surface area contributed by atoms with Crippen molar-refractivity contribution < 1.29 is 17.9 Å². The highest BCUT2D eigenvalue weighted by Gasteiger charge is 2.37. The number of pyridine rings is 1. The molecule has 1 aromatic heterocycles. The average molecular weight is 569 g/mol. The Kier molecular flexibility index (Phi) is 11.1. The Balaban J connectivity index is 0.00000134. The predicted octanol–water partition coefficient (Wildman–Crippen LogP) is 3.39. The maximum absolute atomic E-state index is 12.9. The summed E-state index contributed by atoms with van der Waals surface area (Å²) in [6.07, 6.45) is 15.1. The standard InChI is InChI=1S/C25H33N5O5S.C2H2.CHN/c1-25(2,3)35-21(31)15-30-14-16-13-18(9-10-20(16)36(30,33)34)29-23(26)22-19(11-12-27-24(22)32)28-17-7-5-4-6-8-17;2*1-2/h9-13,17H,4-8,14-15H2,1-3H3,(H2,26,29)(H2,27,28,32);1-2H;1H. The Hall–Kier alpha value is -4.13. The lowest BCUT2D eigenvalue weighted by Crippen LogP contribution is -2.35. The molecule has 40 heavy (non-hydrogen) atoms. The molecule has 1 aromatic carbocycles. The number of amidine groups is 1. The van der Waals surface area contributed by atoms with Crippen molar-refractivity contribution in [2.24, 2.45) is 10.7 Å². The van der Waals surface area contributed by atoms with Crippen LogP contribution in [0.4, 0.5) is 11.4 Å². The van der Waals surface area contributed by atoms with Gasteiger partial charge in [0.1, 0.15) is 23.5 Å². The molecule has 0 spiro atoms. The summed E-state index contributed by atoms with van der Waals surface area (Å²) >= 11 is 0. The van der Waals surface area contributed by atoms with E-state index in [4.69, 9.17) is 15.7 Å². The van der Waals surface area contributed by atoms with Gasteiger partial charge in [0.2, 0.25) is 10.0 Å². The van der Waals surface area contributed by atoms with Crippen molar-refractivity contribution in [1.82, 2.24) is 9.29 Å². The lowest BCUT2D eigenvalue weighted by Gasteiger charge is -2.24. The Labute approximate surface area is 235 Å². The zero-order chi connectivity index (χ0) is 30.1. The minimum absolute atomic E-state index is 0.0145. The van der Waals surface area contributed by atoms with Gasteiger partial charge in [-0.25, -0.2) is 18.7 Å². The first-order valence-electron chi connectivity index (χ1n) is 12.7. The second-order valence-corrected chi connectivity index (χ2v) is 12.1. The number of hydrogen-bond donors (Lipinski definition) is 3. The molecule has 1 aliphatic heterocycles. The van der Waals surface area contributed by atoms with Gasteiger partial charge >= 0.3 is 5.97 Å². The zero-order valence-corrected chi connectivity index (χ0v) is 23.8. The van der Waals surface area contributed by atoms with Crippen LogP contribution in [0.25, 0.3) is 0 Å². The number of rotatable bonds is 6. The zero-order valence-electron chi connectivity index (χ0n) is 23.0. The van der Waals surface area contributed by atoms with Crippen molar-refractivity contribution >= 4 is 33.2 Å². The van der Waals surface area contributed by atoms with E-state index in [1.54, 1.807) is 39.1 Å². The number of hydrogen-bond acceptors (Lipinski definition) is 8. The smallest absolute Gasteiger partial charge is 0.321 e.